The summed E-state index contributed by atoms with van der Waals surface area (Å²) in [6.45, 7) is 9.56. The van der Waals surface area contributed by atoms with Crippen LogP contribution in [0.3, 0.4) is 0 Å². The van der Waals surface area contributed by atoms with Gasteiger partial charge >= 0.3 is 6.09 Å². The van der Waals surface area contributed by atoms with Crippen molar-refractivity contribution in [3.8, 4) is 0 Å². The van der Waals surface area contributed by atoms with Crippen molar-refractivity contribution in [1.82, 2.24) is 24.2 Å². The molecule has 0 bridgehead atoms. The molecule has 2 aliphatic heterocycles. The molecule has 0 spiro atoms. The summed E-state index contributed by atoms with van der Waals surface area (Å²) in [5.74, 6) is 1.75. The highest BCUT2D eigenvalue weighted by Gasteiger charge is 2.45. The van der Waals surface area contributed by atoms with Gasteiger partial charge in [-0.1, -0.05) is 5.16 Å². The van der Waals surface area contributed by atoms with Gasteiger partial charge in [0.05, 0.1) is 6.04 Å². The lowest BCUT2D eigenvalue weighted by molar-refractivity contribution is 0.0190. The molecule has 1 amide bonds. The number of hydrogen-bond donors (Lipinski definition) is 0. The lowest BCUT2D eigenvalue weighted by Crippen LogP contribution is -2.61. The number of nitrogens with zero attached hydrogens (tertiary/aromatic N) is 5. The summed E-state index contributed by atoms with van der Waals surface area (Å²) in [5.41, 5.74) is -0.565. The Hall–Kier alpha value is -1.72. The zero-order valence-corrected chi connectivity index (χ0v) is 18.9. The molecule has 30 heavy (non-hydrogen) atoms. The quantitative estimate of drug-likeness (QED) is 0.677. The van der Waals surface area contributed by atoms with Crippen LogP contribution in [0.25, 0.3) is 0 Å². The molecule has 2 saturated heterocycles. The highest BCUT2D eigenvalue weighted by Crippen LogP contribution is 2.39. The zero-order valence-electron chi connectivity index (χ0n) is 18.1. The van der Waals surface area contributed by atoms with E-state index < -0.39 is 27.0 Å². The second kappa shape index (κ2) is 7.76. The van der Waals surface area contributed by atoms with Crippen molar-refractivity contribution in [2.24, 2.45) is 0 Å². The predicted octanol–water partition coefficient (Wildman–Crippen LogP) is 1.57. The first-order valence-electron chi connectivity index (χ1n) is 10.6. The molecule has 4 rings (SSSR count). The molecular formula is C19H31N5O5S. The van der Waals surface area contributed by atoms with Gasteiger partial charge in [0.2, 0.25) is 15.9 Å². The fraction of sp³-hybridized carbons (Fsp3) is 0.842. The van der Waals surface area contributed by atoms with Crippen LogP contribution in [0.15, 0.2) is 4.52 Å². The highest BCUT2D eigenvalue weighted by atomic mass is 32.2. The molecule has 1 aromatic rings. The number of amides is 1. The standard InChI is InChI=1S/C19H31N5O5S/c1-13(17-20-16(21-29-17)14-5-6-14)23-11-15(12-23)30(26,27)24-9-7-22(8-10-24)18(25)28-19(2,3)4/h13-15H,5-12H2,1-4H3/t13-/m0/s1. The number of likely N-dealkylation sites (tertiary alicyclic amines) is 1. The van der Waals surface area contributed by atoms with E-state index in [1.165, 1.54) is 4.31 Å². The molecule has 168 valence electrons. The molecule has 1 aliphatic carbocycles. The number of hydrogen-bond acceptors (Lipinski definition) is 8. The number of carbonyl (C=O) groups excluding carboxylic acids is 1. The fourth-order valence-electron chi connectivity index (χ4n) is 3.72. The van der Waals surface area contributed by atoms with E-state index in [4.69, 9.17) is 9.26 Å². The van der Waals surface area contributed by atoms with Crippen LogP contribution in [0.1, 0.15) is 64.2 Å². The van der Waals surface area contributed by atoms with Crippen molar-refractivity contribution in [3.05, 3.63) is 11.7 Å². The Morgan fingerprint density at radius 3 is 2.37 bits per heavy atom. The third kappa shape index (κ3) is 4.47. The SMILES string of the molecule is C[C@@H](c1nc(C2CC2)no1)N1CC(S(=O)(=O)N2CCN(C(=O)OC(C)(C)C)CC2)C1. The van der Waals surface area contributed by atoms with Crippen LogP contribution in [-0.2, 0) is 14.8 Å². The molecule has 1 atom stereocenters. The Kier molecular flexibility index (Phi) is 5.56. The van der Waals surface area contributed by atoms with Gasteiger partial charge in [-0.25, -0.2) is 13.2 Å². The van der Waals surface area contributed by atoms with Crippen molar-refractivity contribution in [1.29, 1.82) is 0 Å². The summed E-state index contributed by atoms with van der Waals surface area (Å²) in [5, 5.41) is 3.60. The van der Waals surface area contributed by atoms with Crippen molar-refractivity contribution in [2.75, 3.05) is 39.3 Å². The minimum absolute atomic E-state index is 0.0968. The second-order valence-corrected chi connectivity index (χ2v) is 11.6. The molecule has 0 radical (unpaired) electrons. The van der Waals surface area contributed by atoms with Gasteiger partial charge in [0.25, 0.3) is 0 Å². The van der Waals surface area contributed by atoms with E-state index in [0.29, 0.717) is 51.1 Å². The van der Waals surface area contributed by atoms with E-state index in [-0.39, 0.29) is 6.04 Å². The molecule has 0 unspecified atom stereocenters. The highest BCUT2D eigenvalue weighted by molar-refractivity contribution is 7.89. The summed E-state index contributed by atoms with van der Waals surface area (Å²) >= 11 is 0. The van der Waals surface area contributed by atoms with E-state index in [1.807, 2.05) is 32.6 Å². The maximum Gasteiger partial charge on any atom is 0.410 e. The van der Waals surface area contributed by atoms with Gasteiger partial charge in [0.15, 0.2) is 5.82 Å². The normalized spacial score (nSPS) is 23.3. The number of piperazine rings is 1. The Morgan fingerprint density at radius 2 is 1.80 bits per heavy atom. The average molecular weight is 442 g/mol. The summed E-state index contributed by atoms with van der Waals surface area (Å²) in [4.78, 5) is 20.3. The van der Waals surface area contributed by atoms with Crippen molar-refractivity contribution < 1.29 is 22.5 Å². The molecule has 3 heterocycles. The van der Waals surface area contributed by atoms with Crippen LogP contribution >= 0.6 is 0 Å². The molecule has 0 N–H and O–H groups in total. The van der Waals surface area contributed by atoms with E-state index in [1.54, 1.807) is 4.90 Å². The lowest BCUT2D eigenvalue weighted by Gasteiger charge is -2.44. The van der Waals surface area contributed by atoms with Gasteiger partial charge in [0, 0.05) is 45.2 Å². The third-order valence-electron chi connectivity index (χ3n) is 5.85. The molecule has 3 aliphatic rings. The Bertz CT molecular complexity index is 877. The number of sulfonamides is 1. The number of rotatable bonds is 5. The van der Waals surface area contributed by atoms with Crippen LogP contribution in [0.2, 0.25) is 0 Å². The molecule has 0 aromatic carbocycles. The van der Waals surface area contributed by atoms with Gasteiger partial charge in [-0.15, -0.1) is 0 Å². The molecule has 10 nitrogen and oxygen atoms in total. The van der Waals surface area contributed by atoms with Crippen LogP contribution in [0.4, 0.5) is 4.79 Å². The monoisotopic (exact) mass is 441 g/mol. The molecule has 3 fully saturated rings. The average Bonchev–Trinajstić information content (AvgIpc) is 3.35. The topological polar surface area (TPSA) is 109 Å². The number of ether oxygens (including phenoxy) is 1. The van der Waals surface area contributed by atoms with Gasteiger partial charge in [-0.3, -0.25) is 4.90 Å². The molecular weight excluding hydrogens is 410 g/mol. The van der Waals surface area contributed by atoms with Gasteiger partial charge < -0.3 is 14.2 Å². The molecule has 1 saturated carbocycles. The van der Waals surface area contributed by atoms with Gasteiger partial charge in [0.1, 0.15) is 10.9 Å². The Morgan fingerprint density at radius 1 is 1.17 bits per heavy atom. The summed E-state index contributed by atoms with van der Waals surface area (Å²) in [6.07, 6.45) is 1.82. The van der Waals surface area contributed by atoms with Gasteiger partial charge in [-0.05, 0) is 40.5 Å². The van der Waals surface area contributed by atoms with Crippen LogP contribution in [-0.4, -0.2) is 88.9 Å². The summed E-state index contributed by atoms with van der Waals surface area (Å²) in [7, 11) is -3.41. The van der Waals surface area contributed by atoms with Crippen LogP contribution < -0.4 is 0 Å². The second-order valence-electron chi connectivity index (χ2n) is 9.43. The summed E-state index contributed by atoms with van der Waals surface area (Å²) < 4.78 is 38.2. The smallest absolute Gasteiger partial charge is 0.410 e. The predicted molar refractivity (Wildman–Crippen MR) is 108 cm³/mol. The maximum absolute atomic E-state index is 13.0. The first-order valence-corrected chi connectivity index (χ1v) is 12.1. The lowest BCUT2D eigenvalue weighted by atomic mass is 10.1. The molecule has 11 heteroatoms. The van der Waals surface area contributed by atoms with Crippen molar-refractivity contribution >= 4 is 16.1 Å². The van der Waals surface area contributed by atoms with Crippen LogP contribution in [0.5, 0.6) is 0 Å². The van der Waals surface area contributed by atoms with Crippen molar-refractivity contribution in [2.45, 2.75) is 63.3 Å². The first kappa shape index (κ1) is 21.5. The minimum Gasteiger partial charge on any atom is -0.444 e. The minimum atomic E-state index is -3.41. The number of carbonyl (C=O) groups is 1. The summed E-state index contributed by atoms with van der Waals surface area (Å²) in [6, 6.07) is -0.0968. The zero-order chi connectivity index (χ0) is 21.7. The largest absolute Gasteiger partial charge is 0.444 e. The number of aromatic nitrogens is 2. The third-order valence-corrected chi connectivity index (χ3v) is 8.08. The van der Waals surface area contributed by atoms with E-state index in [2.05, 4.69) is 10.1 Å². The Balaban J connectivity index is 1.27. The molecule has 1 aromatic heterocycles. The van der Waals surface area contributed by atoms with Gasteiger partial charge in [-0.2, -0.15) is 9.29 Å². The van der Waals surface area contributed by atoms with Crippen molar-refractivity contribution in [3.63, 3.8) is 0 Å². The fourth-order valence-corrected chi connectivity index (χ4v) is 5.57. The van der Waals surface area contributed by atoms with E-state index in [9.17, 15) is 13.2 Å². The van der Waals surface area contributed by atoms with E-state index in [0.717, 1.165) is 18.7 Å². The van der Waals surface area contributed by atoms with E-state index >= 15 is 0 Å². The maximum atomic E-state index is 13.0. The first-order chi connectivity index (χ1) is 14.0. The Labute approximate surface area is 177 Å². The van der Waals surface area contributed by atoms with Crippen LogP contribution in [0, 0.1) is 0 Å².